The summed E-state index contributed by atoms with van der Waals surface area (Å²) in [6.07, 6.45) is 8.52. The molecule has 3 aromatic rings. The summed E-state index contributed by atoms with van der Waals surface area (Å²) in [7, 11) is 0. The highest BCUT2D eigenvalue weighted by atomic mass is 16.5. The average Bonchev–Trinajstić information content (AvgIpc) is 3.74. The normalized spacial score (nSPS) is 22.1. The number of hydrogen-bond acceptors (Lipinski definition) is 8. The molecule has 0 bridgehead atoms. The van der Waals surface area contributed by atoms with E-state index in [0.29, 0.717) is 23.1 Å². The topological polar surface area (TPSA) is 112 Å². The number of fused-ring (bicyclic) bond motifs is 3. The number of carbonyl (C=O) groups is 1. The number of aromatic nitrogens is 3. The van der Waals surface area contributed by atoms with Crippen molar-refractivity contribution in [3.8, 4) is 5.88 Å². The number of nitrogens with one attached hydrogen (secondary N) is 1. The third kappa shape index (κ3) is 3.39. The lowest BCUT2D eigenvalue weighted by molar-refractivity contribution is 0.0183. The van der Waals surface area contributed by atoms with Gasteiger partial charge >= 0.3 is 5.97 Å². The van der Waals surface area contributed by atoms with Gasteiger partial charge in [-0.1, -0.05) is 6.92 Å². The first-order valence-corrected chi connectivity index (χ1v) is 12.0. The number of rotatable bonds is 6. The molecule has 1 aliphatic heterocycles. The van der Waals surface area contributed by atoms with E-state index in [4.69, 9.17) is 20.2 Å². The number of hydrogen-bond donors (Lipinski definition) is 2. The number of nitrogens with zero attached hydrogens (tertiary/aromatic N) is 3. The molecule has 0 amide bonds. The lowest BCUT2D eigenvalue weighted by Crippen LogP contribution is -2.36. The molecule has 0 saturated heterocycles. The molecule has 0 unspecified atom stereocenters. The summed E-state index contributed by atoms with van der Waals surface area (Å²) in [5.41, 5.74) is 8.27. The van der Waals surface area contributed by atoms with Crippen molar-refractivity contribution in [2.24, 2.45) is 5.73 Å². The summed E-state index contributed by atoms with van der Waals surface area (Å²) in [6, 6.07) is 5.58. The molecule has 176 valence electrons. The predicted molar refractivity (Wildman–Crippen MR) is 128 cm³/mol. The largest absolute Gasteiger partial charge is 0.474 e. The van der Waals surface area contributed by atoms with Crippen LogP contribution in [0.2, 0.25) is 0 Å². The first-order chi connectivity index (χ1) is 16.3. The lowest BCUT2D eigenvalue weighted by Gasteiger charge is -2.30. The van der Waals surface area contributed by atoms with E-state index in [1.807, 2.05) is 26.1 Å². The molecule has 1 spiro atoms. The van der Waals surface area contributed by atoms with Gasteiger partial charge in [-0.3, -0.25) is 0 Å². The van der Waals surface area contributed by atoms with Gasteiger partial charge in [-0.25, -0.2) is 19.7 Å². The smallest absolute Gasteiger partial charge is 0.340 e. The van der Waals surface area contributed by atoms with Gasteiger partial charge in [0.1, 0.15) is 23.8 Å². The quantitative estimate of drug-likeness (QED) is 0.519. The number of anilines is 2. The fourth-order valence-corrected chi connectivity index (χ4v) is 4.77. The van der Waals surface area contributed by atoms with Crippen molar-refractivity contribution in [2.45, 2.75) is 76.0 Å². The zero-order chi connectivity index (χ0) is 23.7. The predicted octanol–water partition coefficient (Wildman–Crippen LogP) is 4.48. The molecule has 0 aromatic carbocycles. The van der Waals surface area contributed by atoms with E-state index in [1.165, 1.54) is 0 Å². The van der Waals surface area contributed by atoms with Crippen molar-refractivity contribution < 1.29 is 14.3 Å². The van der Waals surface area contributed by atoms with Gasteiger partial charge in [-0.05, 0) is 75.1 Å². The first-order valence-electron chi connectivity index (χ1n) is 12.0. The summed E-state index contributed by atoms with van der Waals surface area (Å²) >= 11 is 0. The zero-order valence-corrected chi connectivity index (χ0v) is 19.7. The number of cyclic esters (lactones) is 1. The van der Waals surface area contributed by atoms with Crippen molar-refractivity contribution in [2.75, 3.05) is 5.32 Å². The third-order valence-corrected chi connectivity index (χ3v) is 7.58. The maximum atomic E-state index is 12.4. The second kappa shape index (κ2) is 7.37. The van der Waals surface area contributed by atoms with Gasteiger partial charge in [0.2, 0.25) is 5.88 Å². The molecule has 2 fully saturated rings. The Morgan fingerprint density at radius 3 is 2.71 bits per heavy atom. The van der Waals surface area contributed by atoms with Gasteiger partial charge in [-0.2, -0.15) is 0 Å². The minimum atomic E-state index is -0.541. The van der Waals surface area contributed by atoms with Gasteiger partial charge in [-0.15, -0.1) is 0 Å². The standard InChI is InChI=1S/C26H29N5O3/c1-4-25(3,27)19-13-29-23(34-15-5-6-15)18-12-28-21(11-17(18)19)30-20-8-7-16-22(31-20)26(9-10-26)14(2)33-24(16)32/h7-8,11-15H,4-6,9-10,27H2,1-3H3,(H,28,30,31)/t14-,25-/m0/s1. The molecule has 8 nitrogen and oxygen atoms in total. The molecule has 3 aliphatic rings. The Bertz CT molecular complexity index is 1310. The molecule has 2 atom stereocenters. The Balaban J connectivity index is 1.40. The lowest BCUT2D eigenvalue weighted by atomic mass is 9.88. The minimum absolute atomic E-state index is 0.159. The Labute approximate surface area is 198 Å². The fourth-order valence-electron chi connectivity index (χ4n) is 4.77. The van der Waals surface area contributed by atoms with Crippen molar-refractivity contribution in [3.05, 3.63) is 47.4 Å². The van der Waals surface area contributed by atoms with Gasteiger partial charge in [0, 0.05) is 17.9 Å². The van der Waals surface area contributed by atoms with E-state index in [2.05, 4.69) is 22.2 Å². The Morgan fingerprint density at radius 1 is 1.21 bits per heavy atom. The Hall–Kier alpha value is -3.26. The third-order valence-electron chi connectivity index (χ3n) is 7.58. The van der Waals surface area contributed by atoms with Crippen molar-refractivity contribution in [1.29, 1.82) is 0 Å². The average molecular weight is 460 g/mol. The molecule has 34 heavy (non-hydrogen) atoms. The summed E-state index contributed by atoms with van der Waals surface area (Å²) in [5, 5.41) is 5.15. The van der Waals surface area contributed by atoms with E-state index in [1.54, 1.807) is 18.3 Å². The Kier molecular flexibility index (Phi) is 4.61. The van der Waals surface area contributed by atoms with Crippen molar-refractivity contribution >= 4 is 28.4 Å². The van der Waals surface area contributed by atoms with Crippen LogP contribution in [-0.2, 0) is 15.7 Å². The monoisotopic (exact) mass is 459 g/mol. The van der Waals surface area contributed by atoms with Crippen LogP contribution in [0, 0.1) is 0 Å². The SMILES string of the molecule is CC[C@](C)(N)c1cnc(OC2CC2)c2cnc(Nc3ccc4c(n3)C3(CC3)[C@H](C)OC4=O)cc12. The number of esters is 1. The van der Waals surface area contributed by atoms with Gasteiger partial charge in [0.25, 0.3) is 0 Å². The number of ether oxygens (including phenoxy) is 2. The van der Waals surface area contributed by atoms with Gasteiger partial charge in [0.15, 0.2) is 0 Å². The zero-order valence-electron chi connectivity index (χ0n) is 19.7. The van der Waals surface area contributed by atoms with E-state index < -0.39 is 5.54 Å². The molecular formula is C26H29N5O3. The van der Waals surface area contributed by atoms with Crippen LogP contribution in [0.3, 0.4) is 0 Å². The van der Waals surface area contributed by atoms with Crippen LogP contribution in [0.25, 0.3) is 10.8 Å². The highest BCUT2D eigenvalue weighted by Gasteiger charge is 2.56. The molecule has 8 heteroatoms. The second-order valence-electron chi connectivity index (χ2n) is 10.1. The van der Waals surface area contributed by atoms with Crippen molar-refractivity contribution in [3.63, 3.8) is 0 Å². The summed E-state index contributed by atoms with van der Waals surface area (Å²) < 4.78 is 11.6. The van der Waals surface area contributed by atoms with Crippen LogP contribution >= 0.6 is 0 Å². The van der Waals surface area contributed by atoms with Crippen LogP contribution < -0.4 is 15.8 Å². The molecule has 3 aromatic heterocycles. The molecule has 2 aliphatic carbocycles. The van der Waals surface area contributed by atoms with E-state index in [0.717, 1.165) is 54.1 Å². The molecule has 4 heterocycles. The molecule has 2 saturated carbocycles. The van der Waals surface area contributed by atoms with Crippen LogP contribution in [0.5, 0.6) is 5.88 Å². The molecular weight excluding hydrogens is 430 g/mol. The maximum Gasteiger partial charge on any atom is 0.340 e. The summed E-state index contributed by atoms with van der Waals surface area (Å²) in [5.74, 6) is 1.59. The molecule has 3 N–H and O–H groups in total. The fraction of sp³-hybridized carbons (Fsp3) is 0.462. The Morgan fingerprint density at radius 2 is 2.00 bits per heavy atom. The van der Waals surface area contributed by atoms with Gasteiger partial charge < -0.3 is 20.5 Å². The second-order valence-corrected chi connectivity index (χ2v) is 10.1. The number of nitrogens with two attached hydrogens (primary N) is 1. The van der Waals surface area contributed by atoms with Crippen LogP contribution in [-0.4, -0.2) is 33.1 Å². The van der Waals surface area contributed by atoms with Crippen LogP contribution in [0.4, 0.5) is 11.6 Å². The summed E-state index contributed by atoms with van der Waals surface area (Å²) in [6.45, 7) is 6.03. The van der Waals surface area contributed by atoms with E-state index in [9.17, 15) is 4.79 Å². The highest BCUT2D eigenvalue weighted by Crippen LogP contribution is 2.54. The number of pyridine rings is 3. The highest BCUT2D eigenvalue weighted by molar-refractivity contribution is 5.94. The van der Waals surface area contributed by atoms with Crippen LogP contribution in [0.15, 0.2) is 30.6 Å². The molecule has 6 rings (SSSR count). The van der Waals surface area contributed by atoms with Crippen molar-refractivity contribution in [1.82, 2.24) is 15.0 Å². The minimum Gasteiger partial charge on any atom is -0.474 e. The maximum absolute atomic E-state index is 12.4. The molecule has 0 radical (unpaired) electrons. The van der Waals surface area contributed by atoms with Gasteiger partial charge in [0.05, 0.1) is 22.1 Å². The first kappa shape index (κ1) is 21.3. The van der Waals surface area contributed by atoms with E-state index in [-0.39, 0.29) is 23.6 Å². The van der Waals surface area contributed by atoms with Crippen LogP contribution in [0.1, 0.15) is 74.5 Å². The summed E-state index contributed by atoms with van der Waals surface area (Å²) in [4.78, 5) is 26.4. The number of carbonyl (C=O) groups excluding carboxylic acids is 1. The van der Waals surface area contributed by atoms with E-state index >= 15 is 0 Å².